The lowest BCUT2D eigenvalue weighted by molar-refractivity contribution is 0.681. The van der Waals surface area contributed by atoms with E-state index in [1.165, 1.54) is 16.7 Å². The fourth-order valence-corrected chi connectivity index (χ4v) is 2.33. The van der Waals surface area contributed by atoms with E-state index in [1.54, 1.807) is 0 Å². The van der Waals surface area contributed by atoms with Gasteiger partial charge in [0.05, 0.1) is 6.04 Å². The Kier molecular flexibility index (Phi) is 4.78. The maximum absolute atomic E-state index is 5.93. The van der Waals surface area contributed by atoms with E-state index in [0.717, 1.165) is 5.02 Å². The minimum absolute atomic E-state index is 0.206. The maximum atomic E-state index is 5.93. The lowest BCUT2D eigenvalue weighted by atomic mass is 9.98. The van der Waals surface area contributed by atoms with Gasteiger partial charge in [0.15, 0.2) is 0 Å². The highest BCUT2D eigenvalue weighted by Gasteiger charge is 2.10. The molecule has 0 aliphatic carbocycles. The van der Waals surface area contributed by atoms with E-state index >= 15 is 0 Å². The van der Waals surface area contributed by atoms with Gasteiger partial charge in [-0.15, -0.1) is 0 Å². The summed E-state index contributed by atoms with van der Waals surface area (Å²) in [6.07, 6.45) is 2.20. The van der Waals surface area contributed by atoms with Crippen LogP contribution in [0.15, 0.2) is 60.2 Å². The van der Waals surface area contributed by atoms with Crippen molar-refractivity contribution in [3.8, 4) is 0 Å². The van der Waals surface area contributed by atoms with Crippen LogP contribution in [0, 0.1) is 0 Å². The van der Waals surface area contributed by atoms with Crippen LogP contribution in [0.5, 0.6) is 0 Å². The summed E-state index contributed by atoms with van der Waals surface area (Å²) >= 11 is 5.93. The van der Waals surface area contributed by atoms with Crippen molar-refractivity contribution in [2.75, 3.05) is 7.05 Å². The van der Waals surface area contributed by atoms with Gasteiger partial charge in [-0.25, -0.2) is 0 Å². The molecule has 2 rings (SSSR count). The fourth-order valence-electron chi connectivity index (χ4n) is 2.21. The minimum Gasteiger partial charge on any atom is -0.310 e. The number of benzene rings is 2. The average molecular weight is 272 g/mol. The zero-order valence-electron chi connectivity index (χ0n) is 11.2. The summed E-state index contributed by atoms with van der Waals surface area (Å²) < 4.78 is 0. The summed E-state index contributed by atoms with van der Waals surface area (Å²) in [5, 5.41) is 4.11. The first-order valence-corrected chi connectivity index (χ1v) is 6.74. The highest BCUT2D eigenvalue weighted by molar-refractivity contribution is 6.30. The summed E-state index contributed by atoms with van der Waals surface area (Å²) in [5.74, 6) is 0. The second-order valence-corrected chi connectivity index (χ2v) is 5.01. The summed E-state index contributed by atoms with van der Waals surface area (Å²) in [5.41, 5.74) is 3.71. The van der Waals surface area contributed by atoms with Crippen LogP contribution in [-0.4, -0.2) is 7.05 Å². The van der Waals surface area contributed by atoms with Gasteiger partial charge in [-0.3, -0.25) is 0 Å². The number of rotatable bonds is 4. The second kappa shape index (κ2) is 6.55. The van der Waals surface area contributed by atoms with E-state index in [-0.39, 0.29) is 6.04 Å². The van der Waals surface area contributed by atoms with Gasteiger partial charge >= 0.3 is 0 Å². The van der Waals surface area contributed by atoms with Crippen molar-refractivity contribution >= 4 is 17.7 Å². The number of likely N-dealkylation sites (N-methyl/N-ethyl adjacent to an activating group) is 1. The van der Waals surface area contributed by atoms with E-state index in [9.17, 15) is 0 Å². The molecule has 2 aromatic rings. The smallest absolute Gasteiger partial charge is 0.0534 e. The third-order valence-corrected chi connectivity index (χ3v) is 3.39. The largest absolute Gasteiger partial charge is 0.310 e. The normalized spacial score (nSPS) is 13.3. The molecule has 0 spiro atoms. The van der Waals surface area contributed by atoms with Crippen LogP contribution in [0.3, 0.4) is 0 Å². The maximum Gasteiger partial charge on any atom is 0.0534 e. The number of nitrogens with one attached hydrogen (secondary N) is 1. The van der Waals surface area contributed by atoms with Gasteiger partial charge in [0.2, 0.25) is 0 Å². The summed E-state index contributed by atoms with van der Waals surface area (Å²) in [7, 11) is 1.97. The minimum atomic E-state index is 0.206. The molecule has 0 saturated heterocycles. The van der Waals surface area contributed by atoms with E-state index in [4.69, 9.17) is 11.6 Å². The monoisotopic (exact) mass is 271 g/mol. The van der Waals surface area contributed by atoms with Crippen molar-refractivity contribution in [3.63, 3.8) is 0 Å². The van der Waals surface area contributed by atoms with Crippen molar-refractivity contribution in [2.45, 2.75) is 13.0 Å². The Hall–Kier alpha value is -1.57. The molecule has 1 N–H and O–H groups in total. The van der Waals surface area contributed by atoms with Crippen LogP contribution in [0.25, 0.3) is 6.08 Å². The summed E-state index contributed by atoms with van der Waals surface area (Å²) in [6, 6.07) is 18.5. The first kappa shape index (κ1) is 13.9. The van der Waals surface area contributed by atoms with Gasteiger partial charge in [0.1, 0.15) is 0 Å². The highest BCUT2D eigenvalue weighted by atomic mass is 35.5. The molecule has 2 heteroatoms. The molecule has 19 heavy (non-hydrogen) atoms. The van der Waals surface area contributed by atoms with Crippen LogP contribution >= 0.6 is 11.6 Å². The third kappa shape index (κ3) is 3.69. The Balaban J connectivity index is 2.26. The molecule has 2 aromatic carbocycles. The van der Waals surface area contributed by atoms with E-state index in [1.807, 2.05) is 25.2 Å². The predicted molar refractivity (Wildman–Crippen MR) is 83.3 cm³/mol. The van der Waals surface area contributed by atoms with Gasteiger partial charge in [0.25, 0.3) is 0 Å². The first-order chi connectivity index (χ1) is 9.20. The molecule has 0 heterocycles. The molecule has 0 aliphatic rings. The zero-order valence-corrected chi connectivity index (χ0v) is 12.0. The molecule has 0 fully saturated rings. The van der Waals surface area contributed by atoms with Gasteiger partial charge in [0, 0.05) is 5.02 Å². The average Bonchev–Trinajstić information content (AvgIpc) is 2.43. The van der Waals surface area contributed by atoms with Crippen LogP contribution in [-0.2, 0) is 0 Å². The number of hydrogen-bond acceptors (Lipinski definition) is 1. The Morgan fingerprint density at radius 1 is 1.05 bits per heavy atom. The SMILES string of the molecule is CNC(/C(C)=C/c1ccccc1)c1ccc(Cl)cc1. The van der Waals surface area contributed by atoms with Gasteiger partial charge in [-0.05, 0) is 37.2 Å². The van der Waals surface area contributed by atoms with Gasteiger partial charge in [-0.2, -0.15) is 0 Å². The predicted octanol–water partition coefficient (Wildman–Crippen LogP) is 4.70. The summed E-state index contributed by atoms with van der Waals surface area (Å²) in [6.45, 7) is 2.14. The lowest BCUT2D eigenvalue weighted by Crippen LogP contribution is -2.17. The molecule has 98 valence electrons. The molecule has 0 bridgehead atoms. The van der Waals surface area contributed by atoms with Crippen molar-refractivity contribution in [2.24, 2.45) is 0 Å². The van der Waals surface area contributed by atoms with Crippen LogP contribution in [0.1, 0.15) is 24.1 Å². The molecular weight excluding hydrogens is 254 g/mol. The second-order valence-electron chi connectivity index (χ2n) is 4.57. The van der Waals surface area contributed by atoms with E-state index in [2.05, 4.69) is 54.7 Å². The number of hydrogen-bond donors (Lipinski definition) is 1. The topological polar surface area (TPSA) is 12.0 Å². The Labute approximate surface area is 119 Å². The molecule has 0 saturated carbocycles. The van der Waals surface area contributed by atoms with Crippen molar-refractivity contribution in [1.82, 2.24) is 5.32 Å². The standard InChI is InChI=1S/C17H18ClN/c1-13(12-14-6-4-3-5-7-14)17(19-2)15-8-10-16(18)11-9-15/h3-12,17,19H,1-2H3/b13-12+. The van der Waals surface area contributed by atoms with E-state index in [0.29, 0.717) is 0 Å². The van der Waals surface area contributed by atoms with Crippen LogP contribution in [0.4, 0.5) is 0 Å². The van der Waals surface area contributed by atoms with Crippen molar-refractivity contribution in [3.05, 3.63) is 76.3 Å². The molecule has 1 atom stereocenters. The molecule has 1 nitrogen and oxygen atoms in total. The van der Waals surface area contributed by atoms with E-state index < -0.39 is 0 Å². The molecule has 1 unspecified atom stereocenters. The van der Waals surface area contributed by atoms with Crippen LogP contribution in [0.2, 0.25) is 5.02 Å². The Bertz CT molecular complexity index is 543. The number of halogens is 1. The fraction of sp³-hybridized carbons (Fsp3) is 0.176. The Morgan fingerprint density at radius 2 is 1.68 bits per heavy atom. The molecule has 0 radical (unpaired) electrons. The molecule has 0 aromatic heterocycles. The molecule has 0 amide bonds. The summed E-state index contributed by atoms with van der Waals surface area (Å²) in [4.78, 5) is 0. The first-order valence-electron chi connectivity index (χ1n) is 6.36. The van der Waals surface area contributed by atoms with Crippen molar-refractivity contribution in [1.29, 1.82) is 0 Å². The molecule has 0 aliphatic heterocycles. The quantitative estimate of drug-likeness (QED) is 0.850. The molecular formula is C17H18ClN. The highest BCUT2D eigenvalue weighted by Crippen LogP contribution is 2.24. The van der Waals surface area contributed by atoms with Crippen LogP contribution < -0.4 is 5.32 Å². The lowest BCUT2D eigenvalue weighted by Gasteiger charge is -2.18. The van der Waals surface area contributed by atoms with Gasteiger partial charge < -0.3 is 5.32 Å². The Morgan fingerprint density at radius 3 is 2.26 bits per heavy atom. The zero-order chi connectivity index (χ0) is 13.7. The third-order valence-electron chi connectivity index (χ3n) is 3.14. The van der Waals surface area contributed by atoms with Gasteiger partial charge in [-0.1, -0.05) is 65.7 Å². The van der Waals surface area contributed by atoms with Crippen molar-refractivity contribution < 1.29 is 0 Å².